The van der Waals surface area contributed by atoms with Crippen molar-refractivity contribution in [2.45, 2.75) is 39.7 Å². The topological polar surface area (TPSA) is 3.24 Å². The molecule has 1 saturated heterocycles. The molecule has 3 heteroatoms. The summed E-state index contributed by atoms with van der Waals surface area (Å²) in [7, 11) is 0. The molecule has 0 saturated carbocycles. The van der Waals surface area contributed by atoms with Crippen LogP contribution in [0.25, 0.3) is 0 Å². The zero-order chi connectivity index (χ0) is 13.3. The Hall–Kier alpha value is -0.960. The van der Waals surface area contributed by atoms with Crippen LogP contribution in [0.1, 0.15) is 31.4 Å². The van der Waals surface area contributed by atoms with Crippen LogP contribution in [-0.2, 0) is 6.42 Å². The molecule has 0 spiro atoms. The first-order valence-corrected chi connectivity index (χ1v) is 6.66. The van der Waals surface area contributed by atoms with E-state index in [9.17, 15) is 8.78 Å². The monoisotopic (exact) mass is 253 g/mol. The first-order chi connectivity index (χ1) is 8.47. The Balaban J connectivity index is 2.03. The number of hydrogen-bond donors (Lipinski definition) is 0. The lowest BCUT2D eigenvalue weighted by Crippen LogP contribution is -2.28. The fourth-order valence-electron chi connectivity index (χ4n) is 2.65. The summed E-state index contributed by atoms with van der Waals surface area (Å²) in [6.45, 7) is 7.99. The van der Waals surface area contributed by atoms with Crippen molar-refractivity contribution in [1.82, 2.24) is 4.90 Å². The number of benzene rings is 1. The molecule has 1 aliphatic heterocycles. The van der Waals surface area contributed by atoms with Gasteiger partial charge in [-0.1, -0.05) is 0 Å². The number of halogens is 2. The average Bonchev–Trinajstić information content (AvgIpc) is 2.74. The molecular weight excluding hydrogens is 232 g/mol. The van der Waals surface area contributed by atoms with Gasteiger partial charge in [0.05, 0.1) is 0 Å². The van der Waals surface area contributed by atoms with Crippen molar-refractivity contribution >= 4 is 0 Å². The highest BCUT2D eigenvalue weighted by Crippen LogP contribution is 2.24. The first-order valence-electron chi connectivity index (χ1n) is 6.66. The third-order valence-corrected chi connectivity index (χ3v) is 3.91. The van der Waals surface area contributed by atoms with Gasteiger partial charge >= 0.3 is 0 Å². The fourth-order valence-corrected chi connectivity index (χ4v) is 2.65. The summed E-state index contributed by atoms with van der Waals surface area (Å²) in [5, 5.41) is 0. The lowest BCUT2D eigenvalue weighted by molar-refractivity contribution is 0.265. The van der Waals surface area contributed by atoms with E-state index in [4.69, 9.17) is 0 Å². The molecule has 0 aromatic heterocycles. The summed E-state index contributed by atoms with van der Waals surface area (Å²) < 4.78 is 26.9. The van der Waals surface area contributed by atoms with Gasteiger partial charge in [0.2, 0.25) is 0 Å². The molecule has 18 heavy (non-hydrogen) atoms. The third-order valence-electron chi connectivity index (χ3n) is 3.91. The molecule has 1 aromatic rings. The van der Waals surface area contributed by atoms with Gasteiger partial charge < -0.3 is 4.90 Å². The Morgan fingerprint density at radius 2 is 1.89 bits per heavy atom. The molecule has 1 heterocycles. The Morgan fingerprint density at radius 1 is 1.28 bits per heavy atom. The van der Waals surface area contributed by atoms with Crippen molar-refractivity contribution in [3.63, 3.8) is 0 Å². The Kier molecular flexibility index (Phi) is 4.00. The quantitative estimate of drug-likeness (QED) is 0.796. The van der Waals surface area contributed by atoms with Gasteiger partial charge in [-0.2, -0.15) is 0 Å². The van der Waals surface area contributed by atoms with Gasteiger partial charge in [-0.25, -0.2) is 8.78 Å². The lowest BCUT2D eigenvalue weighted by Gasteiger charge is -2.20. The van der Waals surface area contributed by atoms with Crippen LogP contribution in [0.5, 0.6) is 0 Å². The molecule has 0 aliphatic carbocycles. The Morgan fingerprint density at radius 3 is 2.39 bits per heavy atom. The molecular formula is C15H21F2N. The fraction of sp³-hybridized carbons (Fsp3) is 0.600. The van der Waals surface area contributed by atoms with Gasteiger partial charge in [0, 0.05) is 18.2 Å². The molecule has 1 nitrogen and oxygen atoms in total. The predicted molar refractivity (Wildman–Crippen MR) is 69.6 cm³/mol. The van der Waals surface area contributed by atoms with Crippen LogP contribution in [0.15, 0.2) is 12.1 Å². The van der Waals surface area contributed by atoms with Gasteiger partial charge in [-0.05, 0) is 63.8 Å². The molecule has 1 aliphatic rings. The minimum atomic E-state index is -0.427. The maximum absolute atomic E-state index is 13.5. The molecule has 0 N–H and O–H groups in total. The summed E-state index contributed by atoms with van der Waals surface area (Å²) in [6.07, 6.45) is 1.90. The first kappa shape index (κ1) is 13.5. The average molecular weight is 253 g/mol. The SMILES string of the molecule is Cc1c(F)cc(CC2CCN(C(C)C)C2)cc1F. The maximum Gasteiger partial charge on any atom is 0.129 e. The van der Waals surface area contributed by atoms with E-state index in [1.807, 2.05) is 0 Å². The van der Waals surface area contributed by atoms with E-state index in [1.54, 1.807) is 0 Å². The second-order valence-corrected chi connectivity index (χ2v) is 5.63. The van der Waals surface area contributed by atoms with Crippen LogP contribution < -0.4 is 0 Å². The van der Waals surface area contributed by atoms with Gasteiger partial charge in [0.15, 0.2) is 0 Å². The van der Waals surface area contributed by atoms with E-state index in [1.165, 1.54) is 19.1 Å². The van der Waals surface area contributed by atoms with Gasteiger partial charge in [-0.3, -0.25) is 0 Å². The van der Waals surface area contributed by atoms with Crippen molar-refractivity contribution in [1.29, 1.82) is 0 Å². The summed E-state index contributed by atoms with van der Waals surface area (Å²) in [4.78, 5) is 2.42. The van der Waals surface area contributed by atoms with Crippen LogP contribution in [0, 0.1) is 24.5 Å². The third kappa shape index (κ3) is 2.89. The van der Waals surface area contributed by atoms with Crippen LogP contribution in [0.2, 0.25) is 0 Å². The number of nitrogens with zero attached hydrogens (tertiary/aromatic N) is 1. The number of likely N-dealkylation sites (tertiary alicyclic amines) is 1. The molecule has 1 fully saturated rings. The van der Waals surface area contributed by atoms with Crippen LogP contribution in [-0.4, -0.2) is 24.0 Å². The molecule has 2 rings (SSSR count). The van der Waals surface area contributed by atoms with Crippen molar-refractivity contribution in [2.24, 2.45) is 5.92 Å². The largest absolute Gasteiger partial charge is 0.301 e. The summed E-state index contributed by atoms with van der Waals surface area (Å²) in [5.74, 6) is -0.332. The molecule has 0 amide bonds. The van der Waals surface area contributed by atoms with E-state index in [0.717, 1.165) is 31.5 Å². The van der Waals surface area contributed by atoms with Crippen LogP contribution >= 0.6 is 0 Å². The molecule has 0 radical (unpaired) electrons. The zero-order valence-electron chi connectivity index (χ0n) is 11.3. The van der Waals surface area contributed by atoms with Crippen molar-refractivity contribution in [3.8, 4) is 0 Å². The molecule has 0 bridgehead atoms. The second kappa shape index (κ2) is 5.35. The highest BCUT2D eigenvalue weighted by molar-refractivity contribution is 5.25. The predicted octanol–water partition coefficient (Wildman–Crippen LogP) is 3.55. The second-order valence-electron chi connectivity index (χ2n) is 5.63. The van der Waals surface area contributed by atoms with Crippen molar-refractivity contribution in [3.05, 3.63) is 34.9 Å². The Labute approximate surface area is 108 Å². The van der Waals surface area contributed by atoms with Crippen molar-refractivity contribution < 1.29 is 8.78 Å². The van der Waals surface area contributed by atoms with Gasteiger partial charge in [0.25, 0.3) is 0 Å². The summed E-state index contributed by atoms with van der Waals surface area (Å²) in [6, 6.07) is 3.52. The Bertz CT molecular complexity index is 405. The summed E-state index contributed by atoms with van der Waals surface area (Å²) in [5.41, 5.74) is 0.903. The maximum atomic E-state index is 13.5. The normalized spacial score (nSPS) is 20.9. The van der Waals surface area contributed by atoms with Crippen LogP contribution in [0.4, 0.5) is 8.78 Å². The lowest BCUT2D eigenvalue weighted by atomic mass is 9.97. The van der Waals surface area contributed by atoms with Crippen LogP contribution in [0.3, 0.4) is 0 Å². The van der Waals surface area contributed by atoms with E-state index >= 15 is 0 Å². The smallest absolute Gasteiger partial charge is 0.129 e. The molecule has 100 valence electrons. The van der Waals surface area contributed by atoms with Crippen molar-refractivity contribution in [2.75, 3.05) is 13.1 Å². The highest BCUT2D eigenvalue weighted by atomic mass is 19.1. The van der Waals surface area contributed by atoms with Gasteiger partial charge in [0.1, 0.15) is 11.6 Å². The number of hydrogen-bond acceptors (Lipinski definition) is 1. The molecule has 1 unspecified atom stereocenters. The van der Waals surface area contributed by atoms with E-state index < -0.39 is 11.6 Å². The minimum Gasteiger partial charge on any atom is -0.301 e. The van der Waals surface area contributed by atoms with E-state index in [-0.39, 0.29) is 5.56 Å². The molecule has 1 atom stereocenters. The number of rotatable bonds is 3. The van der Waals surface area contributed by atoms with Gasteiger partial charge in [-0.15, -0.1) is 0 Å². The molecule has 1 aromatic carbocycles. The summed E-state index contributed by atoms with van der Waals surface area (Å²) >= 11 is 0. The zero-order valence-corrected chi connectivity index (χ0v) is 11.3. The van der Waals surface area contributed by atoms with E-state index in [0.29, 0.717) is 12.0 Å². The highest BCUT2D eigenvalue weighted by Gasteiger charge is 2.24. The minimum absolute atomic E-state index is 0.119. The van der Waals surface area contributed by atoms with E-state index in [2.05, 4.69) is 18.7 Å². The standard InChI is InChI=1S/C15H21F2N/c1-10(2)18-5-4-12(9-18)6-13-7-14(16)11(3)15(17)8-13/h7-8,10,12H,4-6,9H2,1-3H3.